The van der Waals surface area contributed by atoms with Gasteiger partial charge >= 0.3 is 5.97 Å². The van der Waals surface area contributed by atoms with E-state index in [9.17, 15) is 15.0 Å². The fourth-order valence-corrected chi connectivity index (χ4v) is 1.52. The molecule has 2 atom stereocenters. The molecule has 1 aromatic carbocycles. The molecule has 0 amide bonds. The van der Waals surface area contributed by atoms with Crippen LogP contribution in [0.25, 0.3) is 0 Å². The summed E-state index contributed by atoms with van der Waals surface area (Å²) in [6, 6.07) is 8.62. The zero-order chi connectivity index (χ0) is 13.8. The maximum absolute atomic E-state index is 11.5. The number of nitrogens with zero attached hydrogens (tertiary/aromatic N) is 2. The minimum atomic E-state index is -1.40. The van der Waals surface area contributed by atoms with Crippen molar-refractivity contribution in [3.63, 3.8) is 0 Å². The SMILES string of the molecule is O=C1O[C@H]([C@@H](O)CO)C(O)=C1N=Nc1ccccc1. The van der Waals surface area contributed by atoms with Crippen LogP contribution in [-0.4, -0.2) is 40.1 Å². The first-order valence-corrected chi connectivity index (χ1v) is 5.53. The molecule has 0 spiro atoms. The van der Waals surface area contributed by atoms with Crippen molar-refractivity contribution in [2.45, 2.75) is 12.2 Å². The molecule has 2 rings (SSSR count). The van der Waals surface area contributed by atoms with Gasteiger partial charge in [0.1, 0.15) is 6.10 Å². The van der Waals surface area contributed by atoms with Crippen molar-refractivity contribution < 1.29 is 24.9 Å². The van der Waals surface area contributed by atoms with Crippen molar-refractivity contribution in [3.05, 3.63) is 41.8 Å². The van der Waals surface area contributed by atoms with E-state index in [1.165, 1.54) is 0 Å². The first-order valence-electron chi connectivity index (χ1n) is 5.53. The topological polar surface area (TPSA) is 112 Å². The number of aliphatic hydroxyl groups excluding tert-OH is 3. The number of carbonyl (C=O) groups excluding carboxylic acids is 1. The van der Waals surface area contributed by atoms with E-state index in [1.54, 1.807) is 30.3 Å². The second-order valence-corrected chi connectivity index (χ2v) is 3.85. The van der Waals surface area contributed by atoms with Gasteiger partial charge in [0.05, 0.1) is 12.3 Å². The minimum Gasteiger partial charge on any atom is -0.506 e. The molecule has 0 unspecified atom stereocenters. The smallest absolute Gasteiger partial charge is 0.363 e. The van der Waals surface area contributed by atoms with Crippen LogP contribution in [0.15, 0.2) is 52.0 Å². The van der Waals surface area contributed by atoms with Crippen LogP contribution >= 0.6 is 0 Å². The van der Waals surface area contributed by atoms with Crippen LogP contribution in [-0.2, 0) is 9.53 Å². The fourth-order valence-electron chi connectivity index (χ4n) is 1.52. The summed E-state index contributed by atoms with van der Waals surface area (Å²) in [4.78, 5) is 11.5. The van der Waals surface area contributed by atoms with Gasteiger partial charge < -0.3 is 20.1 Å². The molecule has 1 aliphatic heterocycles. The number of esters is 1. The molecule has 3 N–H and O–H groups in total. The number of azo groups is 1. The van der Waals surface area contributed by atoms with Gasteiger partial charge in [-0.25, -0.2) is 4.79 Å². The Morgan fingerprint density at radius 2 is 1.95 bits per heavy atom. The first-order chi connectivity index (χ1) is 9.13. The normalized spacial score (nSPS) is 20.9. The standard InChI is InChI=1S/C12H12N2O5/c15-6-8(16)11-10(17)9(12(18)19-11)14-13-7-4-2-1-3-5-7/h1-5,8,11,15-17H,6H2/t8-,11+/m0/s1. The van der Waals surface area contributed by atoms with Crippen molar-refractivity contribution in [1.29, 1.82) is 0 Å². The van der Waals surface area contributed by atoms with E-state index in [0.29, 0.717) is 5.69 Å². The Hall–Kier alpha value is -2.25. The second kappa shape index (κ2) is 5.59. The summed E-state index contributed by atoms with van der Waals surface area (Å²) in [5.74, 6) is -1.43. The van der Waals surface area contributed by atoms with Crippen molar-refractivity contribution >= 4 is 11.7 Å². The first kappa shape index (κ1) is 13.2. The van der Waals surface area contributed by atoms with Crippen LogP contribution in [0.5, 0.6) is 0 Å². The van der Waals surface area contributed by atoms with E-state index in [4.69, 9.17) is 9.84 Å². The fraction of sp³-hybridized carbons (Fsp3) is 0.250. The second-order valence-electron chi connectivity index (χ2n) is 3.85. The molecule has 1 aliphatic rings. The predicted molar refractivity (Wildman–Crippen MR) is 63.6 cm³/mol. The lowest BCUT2D eigenvalue weighted by molar-refractivity contribution is -0.145. The van der Waals surface area contributed by atoms with Crippen LogP contribution in [0.2, 0.25) is 0 Å². The van der Waals surface area contributed by atoms with E-state index in [-0.39, 0.29) is 5.70 Å². The quantitative estimate of drug-likeness (QED) is 0.550. The molecule has 0 aromatic heterocycles. The lowest BCUT2D eigenvalue weighted by Crippen LogP contribution is -2.31. The predicted octanol–water partition coefficient (Wildman–Crippen LogP) is 0.819. The monoisotopic (exact) mass is 264 g/mol. The van der Waals surface area contributed by atoms with Gasteiger partial charge in [-0.2, -0.15) is 5.11 Å². The maximum Gasteiger partial charge on any atom is 0.363 e. The number of carbonyl (C=O) groups is 1. The van der Waals surface area contributed by atoms with Crippen LogP contribution in [0, 0.1) is 0 Å². The number of aliphatic hydroxyl groups is 3. The van der Waals surface area contributed by atoms with Gasteiger partial charge in [-0.3, -0.25) is 0 Å². The van der Waals surface area contributed by atoms with E-state index in [0.717, 1.165) is 0 Å². The number of ether oxygens (including phenoxy) is 1. The Labute approximate surface area is 108 Å². The van der Waals surface area contributed by atoms with Gasteiger partial charge in [-0.15, -0.1) is 5.11 Å². The Kier molecular flexibility index (Phi) is 3.88. The highest BCUT2D eigenvalue weighted by Crippen LogP contribution is 2.25. The molecule has 19 heavy (non-hydrogen) atoms. The summed E-state index contributed by atoms with van der Waals surface area (Å²) in [7, 11) is 0. The zero-order valence-electron chi connectivity index (χ0n) is 9.80. The molecule has 0 aliphatic carbocycles. The molecule has 100 valence electrons. The summed E-state index contributed by atoms with van der Waals surface area (Å²) in [5, 5.41) is 35.2. The molecule has 1 aromatic rings. The summed E-state index contributed by atoms with van der Waals surface area (Å²) in [6.07, 6.45) is -2.70. The van der Waals surface area contributed by atoms with Crippen molar-refractivity contribution in [3.8, 4) is 0 Å². The molecule has 7 nitrogen and oxygen atoms in total. The highest BCUT2D eigenvalue weighted by atomic mass is 16.6. The number of rotatable bonds is 4. The van der Waals surface area contributed by atoms with Crippen LogP contribution < -0.4 is 0 Å². The van der Waals surface area contributed by atoms with Crippen molar-refractivity contribution in [2.24, 2.45) is 10.2 Å². The molecular weight excluding hydrogens is 252 g/mol. The third kappa shape index (κ3) is 2.78. The van der Waals surface area contributed by atoms with Gasteiger partial charge in [0.25, 0.3) is 0 Å². The Bertz CT molecular complexity index is 526. The average Bonchev–Trinajstić information content (AvgIpc) is 2.72. The minimum absolute atomic E-state index is 0.374. The summed E-state index contributed by atoms with van der Waals surface area (Å²) < 4.78 is 4.70. The van der Waals surface area contributed by atoms with E-state index < -0.39 is 30.5 Å². The molecular formula is C12H12N2O5. The summed E-state index contributed by atoms with van der Waals surface area (Å²) >= 11 is 0. The van der Waals surface area contributed by atoms with E-state index >= 15 is 0 Å². The number of hydrogen-bond donors (Lipinski definition) is 3. The third-order valence-corrected chi connectivity index (χ3v) is 2.50. The summed E-state index contributed by atoms with van der Waals surface area (Å²) in [6.45, 7) is -0.648. The van der Waals surface area contributed by atoms with Gasteiger partial charge in [0, 0.05) is 0 Å². The third-order valence-electron chi connectivity index (χ3n) is 2.50. The lowest BCUT2D eigenvalue weighted by Gasteiger charge is -2.14. The van der Waals surface area contributed by atoms with E-state index in [2.05, 4.69) is 10.2 Å². The van der Waals surface area contributed by atoms with Crippen LogP contribution in [0.1, 0.15) is 0 Å². The largest absolute Gasteiger partial charge is 0.506 e. The Morgan fingerprint density at radius 3 is 2.58 bits per heavy atom. The molecule has 1 heterocycles. The molecule has 0 saturated carbocycles. The van der Waals surface area contributed by atoms with Gasteiger partial charge in [-0.05, 0) is 12.1 Å². The van der Waals surface area contributed by atoms with Gasteiger partial charge in [-0.1, -0.05) is 18.2 Å². The van der Waals surface area contributed by atoms with E-state index in [1.807, 2.05) is 0 Å². The Morgan fingerprint density at radius 1 is 1.26 bits per heavy atom. The number of benzene rings is 1. The number of cyclic esters (lactones) is 1. The lowest BCUT2D eigenvalue weighted by atomic mass is 10.2. The van der Waals surface area contributed by atoms with Crippen LogP contribution in [0.4, 0.5) is 5.69 Å². The highest BCUT2D eigenvalue weighted by Gasteiger charge is 2.39. The van der Waals surface area contributed by atoms with Crippen molar-refractivity contribution in [2.75, 3.05) is 6.61 Å². The van der Waals surface area contributed by atoms with Gasteiger partial charge in [0.15, 0.2) is 11.9 Å². The van der Waals surface area contributed by atoms with Crippen LogP contribution in [0.3, 0.4) is 0 Å². The number of hydrogen-bond acceptors (Lipinski definition) is 7. The van der Waals surface area contributed by atoms with Crippen molar-refractivity contribution in [1.82, 2.24) is 0 Å². The highest BCUT2D eigenvalue weighted by molar-refractivity contribution is 5.91. The van der Waals surface area contributed by atoms with Gasteiger partial charge in [0.2, 0.25) is 5.70 Å². The molecule has 7 heteroatoms. The maximum atomic E-state index is 11.5. The average molecular weight is 264 g/mol. The molecule has 0 saturated heterocycles. The zero-order valence-corrected chi connectivity index (χ0v) is 9.80. The molecule has 0 radical (unpaired) electrons. The summed E-state index contributed by atoms with van der Waals surface area (Å²) in [5.41, 5.74) is 0.128. The molecule has 0 fully saturated rings. The molecule has 0 bridgehead atoms. The Balaban J connectivity index is 2.21.